The summed E-state index contributed by atoms with van der Waals surface area (Å²) in [6.07, 6.45) is 2.00. The highest BCUT2D eigenvalue weighted by atomic mass is 32.2. The maximum atomic E-state index is 12.6. The van der Waals surface area contributed by atoms with E-state index >= 15 is 0 Å². The monoisotopic (exact) mass is 432 g/mol. The van der Waals surface area contributed by atoms with E-state index in [0.717, 1.165) is 34.6 Å². The van der Waals surface area contributed by atoms with Gasteiger partial charge in [-0.3, -0.25) is 4.79 Å². The van der Waals surface area contributed by atoms with Crippen LogP contribution < -0.4 is 5.32 Å². The first-order valence-corrected chi connectivity index (χ1v) is 12.0. The third-order valence-electron chi connectivity index (χ3n) is 5.13. The lowest BCUT2D eigenvalue weighted by molar-refractivity contribution is -0.120. The minimum Gasteiger partial charge on any atom is -0.354 e. The number of imidazole rings is 1. The number of nitrogens with one attached hydrogen (secondary N) is 1. The second-order valence-electron chi connectivity index (χ2n) is 7.16. The lowest BCUT2D eigenvalue weighted by Gasteiger charge is -2.13. The van der Waals surface area contributed by atoms with E-state index in [1.807, 2.05) is 31.2 Å². The van der Waals surface area contributed by atoms with Crippen molar-refractivity contribution in [3.8, 4) is 0 Å². The molecule has 0 aliphatic carbocycles. The molecule has 1 amide bonds. The lowest BCUT2D eigenvalue weighted by Crippen LogP contribution is -2.28. The van der Waals surface area contributed by atoms with Crippen molar-refractivity contribution in [2.45, 2.75) is 36.9 Å². The Kier molecular flexibility index (Phi) is 5.71. The SMILES string of the molecule is Cc1nc2ccccc2n1CCNC(=O)Cc1ccc(S(=O)(=O)N2CCCC2)s1. The molecule has 3 aromatic rings. The van der Waals surface area contributed by atoms with E-state index in [2.05, 4.69) is 14.9 Å². The average molecular weight is 433 g/mol. The summed E-state index contributed by atoms with van der Waals surface area (Å²) in [5.74, 6) is 0.800. The van der Waals surface area contributed by atoms with Gasteiger partial charge in [0.1, 0.15) is 10.0 Å². The molecule has 29 heavy (non-hydrogen) atoms. The highest BCUT2D eigenvalue weighted by Crippen LogP contribution is 2.27. The topological polar surface area (TPSA) is 84.3 Å². The number of fused-ring (bicyclic) bond motifs is 1. The number of amides is 1. The molecule has 7 nitrogen and oxygen atoms in total. The number of aryl methyl sites for hydroxylation is 1. The van der Waals surface area contributed by atoms with E-state index in [9.17, 15) is 13.2 Å². The predicted molar refractivity (Wildman–Crippen MR) is 113 cm³/mol. The zero-order valence-corrected chi connectivity index (χ0v) is 17.9. The molecule has 0 spiro atoms. The molecule has 154 valence electrons. The van der Waals surface area contributed by atoms with Crippen molar-refractivity contribution in [1.82, 2.24) is 19.2 Å². The number of hydrogen-bond donors (Lipinski definition) is 1. The summed E-state index contributed by atoms with van der Waals surface area (Å²) < 4.78 is 29.1. The minimum atomic E-state index is -3.42. The van der Waals surface area contributed by atoms with Crippen molar-refractivity contribution in [3.05, 3.63) is 47.1 Å². The molecule has 1 aromatic carbocycles. The van der Waals surface area contributed by atoms with Crippen LogP contribution >= 0.6 is 11.3 Å². The van der Waals surface area contributed by atoms with Gasteiger partial charge in [0.05, 0.1) is 17.5 Å². The van der Waals surface area contributed by atoms with Crippen molar-refractivity contribution in [2.75, 3.05) is 19.6 Å². The molecule has 2 aromatic heterocycles. The van der Waals surface area contributed by atoms with Gasteiger partial charge in [0, 0.05) is 31.1 Å². The van der Waals surface area contributed by atoms with Gasteiger partial charge in [0.25, 0.3) is 10.0 Å². The quantitative estimate of drug-likeness (QED) is 0.622. The number of rotatable bonds is 7. The van der Waals surface area contributed by atoms with Gasteiger partial charge >= 0.3 is 0 Å². The Hall–Kier alpha value is -2.23. The van der Waals surface area contributed by atoms with Crippen LogP contribution in [0.4, 0.5) is 0 Å². The first kappa shape index (κ1) is 20.1. The number of carbonyl (C=O) groups is 1. The summed E-state index contributed by atoms with van der Waals surface area (Å²) in [7, 11) is -3.42. The molecular weight excluding hydrogens is 408 g/mol. The fourth-order valence-electron chi connectivity index (χ4n) is 3.65. The largest absolute Gasteiger partial charge is 0.354 e. The highest BCUT2D eigenvalue weighted by Gasteiger charge is 2.28. The third kappa shape index (κ3) is 4.22. The second-order valence-corrected chi connectivity index (χ2v) is 10.5. The normalized spacial score (nSPS) is 15.2. The number of hydrogen-bond acceptors (Lipinski definition) is 5. The second kappa shape index (κ2) is 8.25. The van der Waals surface area contributed by atoms with Crippen LogP contribution in [0.5, 0.6) is 0 Å². The van der Waals surface area contributed by atoms with E-state index in [0.29, 0.717) is 30.4 Å². The van der Waals surface area contributed by atoms with Crippen molar-refractivity contribution in [2.24, 2.45) is 0 Å². The van der Waals surface area contributed by atoms with Gasteiger partial charge in [-0.25, -0.2) is 13.4 Å². The van der Waals surface area contributed by atoms with Crippen LogP contribution in [0, 0.1) is 6.92 Å². The summed E-state index contributed by atoms with van der Waals surface area (Å²) in [5.41, 5.74) is 2.00. The summed E-state index contributed by atoms with van der Waals surface area (Å²) >= 11 is 1.18. The smallest absolute Gasteiger partial charge is 0.252 e. The van der Waals surface area contributed by atoms with Crippen LogP contribution in [0.1, 0.15) is 23.5 Å². The molecule has 0 bridgehead atoms. The zero-order valence-electron chi connectivity index (χ0n) is 16.3. The summed E-state index contributed by atoms with van der Waals surface area (Å²) in [5, 5.41) is 2.92. The Morgan fingerprint density at radius 2 is 1.93 bits per heavy atom. The van der Waals surface area contributed by atoms with Gasteiger partial charge in [0.15, 0.2) is 0 Å². The molecule has 0 radical (unpaired) electrons. The average Bonchev–Trinajstić information content (AvgIpc) is 3.43. The maximum Gasteiger partial charge on any atom is 0.252 e. The van der Waals surface area contributed by atoms with Crippen molar-refractivity contribution in [3.63, 3.8) is 0 Å². The van der Waals surface area contributed by atoms with Crippen LogP contribution in [0.15, 0.2) is 40.6 Å². The summed E-state index contributed by atoms with van der Waals surface area (Å²) in [6.45, 7) is 4.24. The van der Waals surface area contributed by atoms with E-state index < -0.39 is 10.0 Å². The number of nitrogens with zero attached hydrogens (tertiary/aromatic N) is 3. The number of aromatic nitrogens is 2. The third-order valence-corrected chi connectivity index (χ3v) is 8.59. The van der Waals surface area contributed by atoms with E-state index in [1.54, 1.807) is 12.1 Å². The molecule has 1 fully saturated rings. The molecule has 0 unspecified atom stereocenters. The molecule has 0 saturated carbocycles. The van der Waals surface area contributed by atoms with Crippen LogP contribution in [0.3, 0.4) is 0 Å². The van der Waals surface area contributed by atoms with Crippen LogP contribution in [0.25, 0.3) is 11.0 Å². The minimum absolute atomic E-state index is 0.112. The molecule has 3 heterocycles. The number of sulfonamides is 1. The van der Waals surface area contributed by atoms with Crippen LogP contribution in [-0.2, 0) is 27.8 Å². The highest BCUT2D eigenvalue weighted by molar-refractivity contribution is 7.91. The standard InChI is InChI=1S/C20H24N4O3S2/c1-15-22-17-6-2-3-7-18(17)24(15)13-10-21-19(25)14-16-8-9-20(28-16)29(26,27)23-11-4-5-12-23/h2-3,6-9H,4-5,10-14H2,1H3,(H,21,25). The molecule has 4 rings (SSSR count). The Labute approximate surface area is 174 Å². The number of thiophene rings is 1. The van der Waals surface area contributed by atoms with Crippen molar-refractivity contribution in [1.29, 1.82) is 0 Å². The number of carbonyl (C=O) groups excluding carboxylic acids is 1. The Bertz CT molecular complexity index is 1130. The molecular formula is C20H24N4O3S2. The van der Waals surface area contributed by atoms with Crippen LogP contribution in [0.2, 0.25) is 0 Å². The number of para-hydroxylation sites is 2. The molecule has 9 heteroatoms. The number of benzene rings is 1. The van der Waals surface area contributed by atoms with Gasteiger partial charge in [0.2, 0.25) is 5.91 Å². The molecule has 1 aliphatic rings. The first-order chi connectivity index (χ1) is 13.9. The van der Waals surface area contributed by atoms with Gasteiger partial charge < -0.3 is 9.88 Å². The zero-order chi connectivity index (χ0) is 20.4. The fraction of sp³-hybridized carbons (Fsp3) is 0.400. The molecule has 1 N–H and O–H groups in total. The predicted octanol–water partition coefficient (Wildman–Crippen LogP) is 2.55. The fourth-order valence-corrected chi connectivity index (χ4v) is 6.68. The summed E-state index contributed by atoms with van der Waals surface area (Å²) in [4.78, 5) is 17.6. The maximum absolute atomic E-state index is 12.6. The van der Waals surface area contributed by atoms with Gasteiger partial charge in [-0.1, -0.05) is 12.1 Å². The molecule has 1 saturated heterocycles. The van der Waals surface area contributed by atoms with E-state index in [1.165, 1.54) is 15.6 Å². The lowest BCUT2D eigenvalue weighted by atomic mass is 10.3. The van der Waals surface area contributed by atoms with Crippen LogP contribution in [-0.4, -0.2) is 47.8 Å². The Morgan fingerprint density at radius 3 is 2.72 bits per heavy atom. The van der Waals surface area contributed by atoms with Crippen molar-refractivity contribution >= 4 is 38.3 Å². The summed E-state index contributed by atoms with van der Waals surface area (Å²) in [6, 6.07) is 11.3. The van der Waals surface area contributed by atoms with E-state index in [-0.39, 0.29) is 12.3 Å². The molecule has 0 atom stereocenters. The van der Waals surface area contributed by atoms with Gasteiger partial charge in [-0.2, -0.15) is 4.31 Å². The van der Waals surface area contributed by atoms with Gasteiger partial charge in [-0.15, -0.1) is 11.3 Å². The Balaban J connectivity index is 1.33. The van der Waals surface area contributed by atoms with Crippen molar-refractivity contribution < 1.29 is 13.2 Å². The Morgan fingerprint density at radius 1 is 1.17 bits per heavy atom. The first-order valence-electron chi connectivity index (χ1n) is 9.72. The van der Waals surface area contributed by atoms with Gasteiger partial charge in [-0.05, 0) is 44.0 Å². The molecule has 1 aliphatic heterocycles. The van der Waals surface area contributed by atoms with E-state index in [4.69, 9.17) is 0 Å².